The first kappa shape index (κ1) is 9.37. The minimum Gasteiger partial charge on any atom is -0.389 e. The van der Waals surface area contributed by atoms with E-state index in [1.54, 1.807) is 0 Å². The summed E-state index contributed by atoms with van der Waals surface area (Å²) in [6, 6.07) is 0.565. The van der Waals surface area contributed by atoms with Gasteiger partial charge in [0.25, 0.3) is 0 Å². The first-order chi connectivity index (χ1) is 6.29. The van der Waals surface area contributed by atoms with Gasteiger partial charge in [0.15, 0.2) is 0 Å². The summed E-state index contributed by atoms with van der Waals surface area (Å²) in [7, 11) is 0. The Morgan fingerprint density at radius 2 is 2.23 bits per heavy atom. The van der Waals surface area contributed by atoms with Gasteiger partial charge in [0, 0.05) is 32.2 Å². The van der Waals surface area contributed by atoms with Gasteiger partial charge in [-0.1, -0.05) is 0 Å². The molecule has 4 heteroatoms. The number of aliphatic hydroxyl groups is 1. The Labute approximate surface area is 78.1 Å². The van der Waals surface area contributed by atoms with E-state index >= 15 is 0 Å². The number of aliphatic hydroxyl groups excluding tert-OH is 1. The first-order valence-corrected chi connectivity index (χ1v) is 5.00. The van der Waals surface area contributed by atoms with Crippen molar-refractivity contribution in [1.29, 1.82) is 0 Å². The van der Waals surface area contributed by atoms with Crippen molar-refractivity contribution in [3.05, 3.63) is 0 Å². The molecule has 3 unspecified atom stereocenters. The van der Waals surface area contributed by atoms with Crippen LogP contribution in [0.1, 0.15) is 6.42 Å². The van der Waals surface area contributed by atoms with Crippen molar-refractivity contribution in [3.63, 3.8) is 0 Å². The van der Waals surface area contributed by atoms with Crippen LogP contribution in [0.5, 0.6) is 0 Å². The molecule has 2 aliphatic rings. The third kappa shape index (κ3) is 2.00. The monoisotopic (exact) mass is 188 g/mol. The summed E-state index contributed by atoms with van der Waals surface area (Å²) in [5, 5.41) is 9.21. The Bertz CT molecular complexity index is 179. The van der Waals surface area contributed by atoms with Crippen LogP contribution in [0, 0.1) is 0 Å². The van der Waals surface area contributed by atoms with Gasteiger partial charge in [-0.2, -0.15) is 0 Å². The number of fused-ring (bicyclic) bond motifs is 2. The van der Waals surface area contributed by atoms with Crippen LogP contribution in [0.15, 0.2) is 0 Å². The Morgan fingerprint density at radius 3 is 3.00 bits per heavy atom. The predicted octanol–water partition coefficient (Wildman–Crippen LogP) is -0.293. The Kier molecular flexibility index (Phi) is 2.81. The van der Waals surface area contributed by atoms with Gasteiger partial charge in [0.2, 0.25) is 0 Å². The van der Waals surface area contributed by atoms with E-state index < -0.39 is 12.8 Å². The van der Waals surface area contributed by atoms with Crippen LogP contribution in [0.25, 0.3) is 0 Å². The maximum atomic E-state index is 12.1. The van der Waals surface area contributed by atoms with Crippen molar-refractivity contribution >= 4 is 0 Å². The average Bonchev–Trinajstić information content (AvgIpc) is 2.54. The maximum Gasteiger partial charge on any atom is 0.117 e. The lowest BCUT2D eigenvalue weighted by Gasteiger charge is -2.35. The first-order valence-electron chi connectivity index (χ1n) is 5.00. The van der Waals surface area contributed by atoms with Gasteiger partial charge in [0.1, 0.15) is 6.67 Å². The number of hydrogen-bond acceptors (Lipinski definition) is 3. The number of hydrogen-bond donors (Lipinski definition) is 1. The van der Waals surface area contributed by atoms with E-state index in [0.29, 0.717) is 12.6 Å². The van der Waals surface area contributed by atoms with Gasteiger partial charge in [-0.25, -0.2) is 4.39 Å². The molecule has 0 aromatic heterocycles. The highest BCUT2D eigenvalue weighted by atomic mass is 19.1. The highest BCUT2D eigenvalue weighted by molar-refractivity contribution is 4.89. The zero-order chi connectivity index (χ0) is 9.26. The molecule has 0 spiro atoms. The van der Waals surface area contributed by atoms with Gasteiger partial charge in [-0.3, -0.25) is 4.90 Å². The number of rotatable bonds is 3. The molecule has 0 amide bonds. The lowest BCUT2D eigenvalue weighted by Crippen LogP contribution is -2.49. The van der Waals surface area contributed by atoms with Crippen LogP contribution in [0.4, 0.5) is 4.39 Å². The van der Waals surface area contributed by atoms with Gasteiger partial charge in [0.05, 0.1) is 6.10 Å². The molecule has 76 valence electrons. The minimum absolute atomic E-state index is 0.509. The van der Waals surface area contributed by atoms with E-state index in [-0.39, 0.29) is 0 Å². The molecular weight excluding hydrogens is 171 g/mol. The molecule has 3 atom stereocenters. The second-order valence-electron chi connectivity index (χ2n) is 4.05. The van der Waals surface area contributed by atoms with Crippen molar-refractivity contribution in [2.24, 2.45) is 0 Å². The predicted molar refractivity (Wildman–Crippen MR) is 48.4 cm³/mol. The van der Waals surface area contributed by atoms with Gasteiger partial charge in [-0.15, -0.1) is 0 Å². The summed E-state index contributed by atoms with van der Waals surface area (Å²) in [5.74, 6) is 0. The lowest BCUT2D eigenvalue weighted by atomic mass is 10.2. The normalized spacial score (nSPS) is 36.5. The fraction of sp³-hybridized carbons (Fsp3) is 1.00. The molecule has 0 aliphatic carbocycles. The number of halogens is 1. The van der Waals surface area contributed by atoms with E-state index in [1.165, 1.54) is 13.0 Å². The second-order valence-corrected chi connectivity index (χ2v) is 4.05. The summed E-state index contributed by atoms with van der Waals surface area (Å²) in [5.41, 5.74) is 0. The summed E-state index contributed by atoms with van der Waals surface area (Å²) >= 11 is 0. The molecule has 2 saturated heterocycles. The quantitative estimate of drug-likeness (QED) is 0.659. The molecule has 0 radical (unpaired) electrons. The highest BCUT2D eigenvalue weighted by Gasteiger charge is 2.32. The molecule has 0 aromatic carbocycles. The third-order valence-corrected chi connectivity index (χ3v) is 3.09. The Morgan fingerprint density at radius 1 is 1.38 bits per heavy atom. The van der Waals surface area contributed by atoms with E-state index in [1.807, 2.05) is 0 Å². The van der Waals surface area contributed by atoms with E-state index in [4.69, 9.17) is 0 Å². The van der Waals surface area contributed by atoms with E-state index in [2.05, 4.69) is 9.80 Å². The fourth-order valence-electron chi connectivity index (χ4n) is 2.33. The van der Waals surface area contributed by atoms with Crippen molar-refractivity contribution in [1.82, 2.24) is 9.80 Å². The van der Waals surface area contributed by atoms with Crippen LogP contribution in [0.2, 0.25) is 0 Å². The van der Waals surface area contributed by atoms with Crippen molar-refractivity contribution in [2.45, 2.75) is 18.6 Å². The average molecular weight is 188 g/mol. The molecule has 2 bridgehead atoms. The van der Waals surface area contributed by atoms with Gasteiger partial charge < -0.3 is 10.0 Å². The van der Waals surface area contributed by atoms with Crippen LogP contribution >= 0.6 is 0 Å². The molecule has 2 aliphatic heterocycles. The number of nitrogens with zero attached hydrogens (tertiary/aromatic N) is 2. The van der Waals surface area contributed by atoms with E-state index in [9.17, 15) is 9.50 Å². The van der Waals surface area contributed by atoms with Gasteiger partial charge in [-0.05, 0) is 13.0 Å². The van der Waals surface area contributed by atoms with Crippen LogP contribution in [-0.2, 0) is 0 Å². The van der Waals surface area contributed by atoms with Crippen molar-refractivity contribution in [2.75, 3.05) is 39.4 Å². The standard InChI is InChI=1S/C9H17FN2O/c10-5-9(13)7-12-4-3-11-2-1-8(12)6-11/h8-9,13H,1-7H2. The SMILES string of the molecule is OC(CF)CN1CCN2CCC1C2. The summed E-state index contributed by atoms with van der Waals surface area (Å²) in [4.78, 5) is 4.66. The highest BCUT2D eigenvalue weighted by Crippen LogP contribution is 2.20. The zero-order valence-corrected chi connectivity index (χ0v) is 7.82. The fourth-order valence-corrected chi connectivity index (χ4v) is 2.33. The molecule has 1 N–H and O–H groups in total. The molecule has 2 heterocycles. The van der Waals surface area contributed by atoms with Crippen molar-refractivity contribution < 1.29 is 9.50 Å². The molecular formula is C9H17FN2O. The summed E-state index contributed by atoms with van der Waals surface area (Å²) in [6.07, 6.45) is 0.395. The Hall–Kier alpha value is -0.190. The summed E-state index contributed by atoms with van der Waals surface area (Å²) in [6.45, 7) is 4.24. The van der Waals surface area contributed by atoms with Crippen LogP contribution in [-0.4, -0.2) is 66.5 Å². The molecule has 13 heavy (non-hydrogen) atoms. The largest absolute Gasteiger partial charge is 0.389 e. The minimum atomic E-state index is -0.785. The number of piperazine rings is 1. The second kappa shape index (κ2) is 3.90. The lowest BCUT2D eigenvalue weighted by molar-refractivity contribution is 0.0530. The zero-order valence-electron chi connectivity index (χ0n) is 7.82. The Balaban J connectivity index is 1.85. The van der Waals surface area contributed by atoms with E-state index in [0.717, 1.165) is 19.6 Å². The molecule has 0 aromatic rings. The molecule has 2 fully saturated rings. The number of β-amino-alcohol motifs (C(OH)–C–C–N with tert-alkyl or cyclic N) is 1. The van der Waals surface area contributed by atoms with Crippen LogP contribution < -0.4 is 0 Å². The van der Waals surface area contributed by atoms with Gasteiger partial charge >= 0.3 is 0 Å². The molecule has 0 saturated carbocycles. The number of alkyl halides is 1. The van der Waals surface area contributed by atoms with Crippen LogP contribution in [0.3, 0.4) is 0 Å². The van der Waals surface area contributed by atoms with Crippen molar-refractivity contribution in [3.8, 4) is 0 Å². The smallest absolute Gasteiger partial charge is 0.117 e. The third-order valence-electron chi connectivity index (χ3n) is 3.09. The summed E-state index contributed by atoms with van der Waals surface area (Å²) < 4.78 is 12.1. The molecule has 2 rings (SSSR count). The topological polar surface area (TPSA) is 26.7 Å². The maximum absolute atomic E-state index is 12.1. The molecule has 3 nitrogen and oxygen atoms in total.